The summed E-state index contributed by atoms with van der Waals surface area (Å²) in [5.74, 6) is 1.39. The second-order valence-electron chi connectivity index (χ2n) is 5.38. The van der Waals surface area contributed by atoms with Crippen LogP contribution < -0.4 is 0 Å². The molecule has 0 radical (unpaired) electrons. The van der Waals surface area contributed by atoms with Crippen LogP contribution in [0.15, 0.2) is 0 Å². The van der Waals surface area contributed by atoms with Crippen molar-refractivity contribution in [3.05, 3.63) is 0 Å². The van der Waals surface area contributed by atoms with E-state index in [1.807, 2.05) is 6.92 Å². The molecule has 0 aromatic rings. The van der Waals surface area contributed by atoms with E-state index in [1.54, 1.807) is 0 Å². The molecule has 2 atom stereocenters. The van der Waals surface area contributed by atoms with Crippen LogP contribution >= 0.6 is 0 Å². The molecule has 0 aromatic heterocycles. The molecule has 15 heavy (non-hydrogen) atoms. The molecule has 2 heteroatoms. The van der Waals surface area contributed by atoms with E-state index in [0.717, 1.165) is 18.9 Å². The SMILES string of the molecule is CCC1CCC(C2(O)CCOC2C)CC1. The van der Waals surface area contributed by atoms with Crippen LogP contribution in [0, 0.1) is 11.8 Å². The summed E-state index contributed by atoms with van der Waals surface area (Å²) in [5.41, 5.74) is -0.515. The molecular formula is C13H24O2. The van der Waals surface area contributed by atoms with E-state index in [0.29, 0.717) is 5.92 Å². The average molecular weight is 212 g/mol. The third-order valence-electron chi connectivity index (χ3n) is 4.71. The van der Waals surface area contributed by atoms with E-state index in [2.05, 4.69) is 6.92 Å². The van der Waals surface area contributed by atoms with Crippen molar-refractivity contribution >= 4 is 0 Å². The van der Waals surface area contributed by atoms with Gasteiger partial charge in [0.15, 0.2) is 0 Å². The van der Waals surface area contributed by atoms with Gasteiger partial charge in [-0.25, -0.2) is 0 Å². The predicted molar refractivity (Wildman–Crippen MR) is 60.7 cm³/mol. The van der Waals surface area contributed by atoms with Gasteiger partial charge in [-0.2, -0.15) is 0 Å². The zero-order valence-corrected chi connectivity index (χ0v) is 10.0. The quantitative estimate of drug-likeness (QED) is 0.762. The highest BCUT2D eigenvalue weighted by molar-refractivity contribution is 4.96. The van der Waals surface area contributed by atoms with E-state index in [-0.39, 0.29) is 6.10 Å². The lowest BCUT2D eigenvalue weighted by Crippen LogP contribution is -2.45. The van der Waals surface area contributed by atoms with E-state index >= 15 is 0 Å². The Hall–Kier alpha value is -0.0800. The molecular weight excluding hydrogens is 188 g/mol. The minimum atomic E-state index is -0.515. The Balaban J connectivity index is 1.94. The predicted octanol–water partition coefficient (Wildman–Crippen LogP) is 2.74. The summed E-state index contributed by atoms with van der Waals surface area (Å²) >= 11 is 0. The molecule has 1 saturated heterocycles. The second-order valence-corrected chi connectivity index (χ2v) is 5.38. The molecule has 2 fully saturated rings. The first-order chi connectivity index (χ1) is 7.16. The molecule has 88 valence electrons. The van der Waals surface area contributed by atoms with Gasteiger partial charge in [0.2, 0.25) is 0 Å². The summed E-state index contributed by atoms with van der Waals surface area (Å²) < 4.78 is 5.52. The summed E-state index contributed by atoms with van der Waals surface area (Å²) in [6, 6.07) is 0. The van der Waals surface area contributed by atoms with Gasteiger partial charge >= 0.3 is 0 Å². The minimum absolute atomic E-state index is 0.0423. The largest absolute Gasteiger partial charge is 0.387 e. The Morgan fingerprint density at radius 2 is 1.93 bits per heavy atom. The van der Waals surface area contributed by atoms with E-state index in [9.17, 15) is 5.11 Å². The summed E-state index contributed by atoms with van der Waals surface area (Å²) in [4.78, 5) is 0. The van der Waals surface area contributed by atoms with Gasteiger partial charge in [0.05, 0.1) is 11.7 Å². The van der Waals surface area contributed by atoms with Crippen LogP contribution in [0.25, 0.3) is 0 Å². The van der Waals surface area contributed by atoms with Crippen molar-refractivity contribution in [2.45, 2.75) is 64.1 Å². The average Bonchev–Trinajstić information content (AvgIpc) is 2.61. The fourth-order valence-corrected chi connectivity index (χ4v) is 3.35. The standard InChI is InChI=1S/C13H24O2/c1-3-11-4-6-12(7-5-11)13(14)8-9-15-10(13)2/h10-12,14H,3-9H2,1-2H3. The molecule has 1 N–H and O–H groups in total. The lowest BCUT2D eigenvalue weighted by molar-refractivity contribution is -0.0822. The first kappa shape index (κ1) is 11.4. The van der Waals surface area contributed by atoms with Gasteiger partial charge in [-0.1, -0.05) is 26.2 Å². The van der Waals surface area contributed by atoms with Crippen LogP contribution in [0.5, 0.6) is 0 Å². The van der Waals surface area contributed by atoms with E-state index in [4.69, 9.17) is 4.74 Å². The molecule has 2 unspecified atom stereocenters. The molecule has 2 rings (SSSR count). The minimum Gasteiger partial charge on any atom is -0.387 e. The van der Waals surface area contributed by atoms with E-state index < -0.39 is 5.60 Å². The fourth-order valence-electron chi connectivity index (χ4n) is 3.35. The smallest absolute Gasteiger partial charge is 0.0955 e. The highest BCUT2D eigenvalue weighted by Gasteiger charge is 2.46. The molecule has 1 heterocycles. The summed E-state index contributed by atoms with van der Waals surface area (Å²) in [5, 5.41) is 10.6. The first-order valence-electron chi connectivity index (χ1n) is 6.50. The van der Waals surface area contributed by atoms with Crippen LogP contribution in [0.4, 0.5) is 0 Å². The normalized spacial score (nSPS) is 47.0. The maximum Gasteiger partial charge on any atom is 0.0955 e. The molecule has 0 aromatic carbocycles. The Bertz CT molecular complexity index is 209. The molecule has 0 amide bonds. The Kier molecular flexibility index (Phi) is 3.36. The van der Waals surface area contributed by atoms with E-state index in [1.165, 1.54) is 32.1 Å². The van der Waals surface area contributed by atoms with Crippen LogP contribution in [-0.2, 0) is 4.74 Å². The topological polar surface area (TPSA) is 29.5 Å². The number of rotatable bonds is 2. The highest BCUT2D eigenvalue weighted by Crippen LogP contribution is 2.42. The van der Waals surface area contributed by atoms with Gasteiger partial charge in [0, 0.05) is 13.0 Å². The van der Waals surface area contributed by atoms with Crippen molar-refractivity contribution < 1.29 is 9.84 Å². The lowest BCUT2D eigenvalue weighted by atomic mass is 9.70. The highest BCUT2D eigenvalue weighted by atomic mass is 16.5. The third kappa shape index (κ3) is 2.07. The Morgan fingerprint density at radius 3 is 2.40 bits per heavy atom. The fraction of sp³-hybridized carbons (Fsp3) is 1.00. The summed E-state index contributed by atoms with van der Waals surface area (Å²) in [6.07, 6.45) is 7.19. The van der Waals surface area contributed by atoms with Crippen molar-refractivity contribution in [1.29, 1.82) is 0 Å². The zero-order chi connectivity index (χ0) is 10.9. The Morgan fingerprint density at radius 1 is 1.27 bits per heavy atom. The second kappa shape index (κ2) is 4.42. The molecule has 1 saturated carbocycles. The third-order valence-corrected chi connectivity index (χ3v) is 4.71. The first-order valence-corrected chi connectivity index (χ1v) is 6.50. The zero-order valence-electron chi connectivity index (χ0n) is 10.0. The van der Waals surface area contributed by atoms with Crippen LogP contribution in [0.2, 0.25) is 0 Å². The summed E-state index contributed by atoms with van der Waals surface area (Å²) in [6.45, 7) is 5.05. The molecule has 2 nitrogen and oxygen atoms in total. The number of hydrogen-bond acceptors (Lipinski definition) is 2. The molecule has 1 aliphatic carbocycles. The van der Waals surface area contributed by atoms with Crippen molar-refractivity contribution in [1.82, 2.24) is 0 Å². The van der Waals surface area contributed by atoms with Crippen molar-refractivity contribution in [2.75, 3.05) is 6.61 Å². The number of aliphatic hydroxyl groups is 1. The van der Waals surface area contributed by atoms with Crippen molar-refractivity contribution in [2.24, 2.45) is 11.8 Å². The molecule has 1 aliphatic heterocycles. The van der Waals surface area contributed by atoms with Crippen molar-refractivity contribution in [3.8, 4) is 0 Å². The van der Waals surface area contributed by atoms with Gasteiger partial charge in [-0.05, 0) is 31.6 Å². The maximum atomic E-state index is 10.6. The molecule has 2 aliphatic rings. The number of ether oxygens (including phenoxy) is 1. The molecule has 0 bridgehead atoms. The van der Waals surface area contributed by atoms with Gasteiger partial charge < -0.3 is 9.84 Å². The van der Waals surface area contributed by atoms with Crippen molar-refractivity contribution in [3.63, 3.8) is 0 Å². The van der Waals surface area contributed by atoms with Gasteiger partial charge in [0.1, 0.15) is 0 Å². The van der Waals surface area contributed by atoms with Gasteiger partial charge in [0.25, 0.3) is 0 Å². The van der Waals surface area contributed by atoms with Crippen LogP contribution in [0.3, 0.4) is 0 Å². The van der Waals surface area contributed by atoms with Crippen LogP contribution in [0.1, 0.15) is 52.4 Å². The maximum absolute atomic E-state index is 10.6. The van der Waals surface area contributed by atoms with Gasteiger partial charge in [-0.15, -0.1) is 0 Å². The monoisotopic (exact) mass is 212 g/mol. The summed E-state index contributed by atoms with van der Waals surface area (Å²) in [7, 11) is 0. The molecule has 0 spiro atoms. The van der Waals surface area contributed by atoms with Crippen LogP contribution in [-0.4, -0.2) is 23.4 Å². The van der Waals surface area contributed by atoms with Gasteiger partial charge in [-0.3, -0.25) is 0 Å². The Labute approximate surface area is 93.0 Å². The lowest BCUT2D eigenvalue weighted by Gasteiger charge is -2.39. The number of hydrogen-bond donors (Lipinski definition) is 1.